The van der Waals surface area contributed by atoms with E-state index in [9.17, 15) is 9.59 Å². The van der Waals surface area contributed by atoms with E-state index in [0.29, 0.717) is 24.2 Å². The Hall–Kier alpha value is -2.82. The maximum Gasteiger partial charge on any atom is 0.310 e. The number of nitrogens with zero attached hydrogens (tertiary/aromatic N) is 1. The fourth-order valence-corrected chi connectivity index (χ4v) is 3.22. The molecule has 2 aromatic rings. The molecule has 130 valence electrons. The fraction of sp³-hybridized carbons (Fsp3) is 0.300. The lowest BCUT2D eigenvalue weighted by molar-refractivity contribution is -0.139. The number of amides is 1. The second-order valence-electron chi connectivity index (χ2n) is 5.98. The lowest BCUT2D eigenvalue weighted by Gasteiger charge is -2.30. The van der Waals surface area contributed by atoms with Gasteiger partial charge in [-0.1, -0.05) is 30.3 Å². The quantitative estimate of drug-likeness (QED) is 0.804. The molecule has 0 atom stereocenters. The van der Waals surface area contributed by atoms with Crippen LogP contribution in [0.2, 0.25) is 0 Å². The lowest BCUT2D eigenvalue weighted by Crippen LogP contribution is -2.36. The zero-order chi connectivity index (χ0) is 17.8. The van der Waals surface area contributed by atoms with Crippen molar-refractivity contribution in [1.29, 1.82) is 0 Å². The second kappa shape index (κ2) is 7.38. The average molecular weight is 339 g/mol. The van der Waals surface area contributed by atoms with Gasteiger partial charge < -0.3 is 14.4 Å². The van der Waals surface area contributed by atoms with Gasteiger partial charge in [-0.15, -0.1) is 0 Å². The second-order valence-corrected chi connectivity index (χ2v) is 5.98. The highest BCUT2D eigenvalue weighted by atomic mass is 16.5. The third-order valence-corrected chi connectivity index (χ3v) is 4.54. The molecule has 5 nitrogen and oxygen atoms in total. The van der Waals surface area contributed by atoms with Crippen LogP contribution in [0.3, 0.4) is 0 Å². The Labute approximate surface area is 147 Å². The predicted octanol–water partition coefficient (Wildman–Crippen LogP) is 2.61. The molecule has 1 aliphatic heterocycles. The van der Waals surface area contributed by atoms with Gasteiger partial charge in [0, 0.05) is 24.2 Å². The van der Waals surface area contributed by atoms with Crippen LogP contribution in [0, 0.1) is 0 Å². The summed E-state index contributed by atoms with van der Waals surface area (Å²) in [5.41, 5.74) is 3.51. The zero-order valence-electron chi connectivity index (χ0n) is 14.5. The van der Waals surface area contributed by atoms with E-state index >= 15 is 0 Å². The topological polar surface area (TPSA) is 55.8 Å². The smallest absolute Gasteiger partial charge is 0.310 e. The fourth-order valence-electron chi connectivity index (χ4n) is 3.22. The van der Waals surface area contributed by atoms with E-state index < -0.39 is 0 Å². The Morgan fingerprint density at radius 2 is 1.88 bits per heavy atom. The van der Waals surface area contributed by atoms with Gasteiger partial charge in [0.15, 0.2) is 0 Å². The van der Waals surface area contributed by atoms with Crippen molar-refractivity contribution in [2.45, 2.75) is 19.4 Å². The van der Waals surface area contributed by atoms with Crippen LogP contribution < -0.4 is 4.74 Å². The summed E-state index contributed by atoms with van der Waals surface area (Å²) in [6.07, 6.45) is 0.848. The summed E-state index contributed by atoms with van der Waals surface area (Å²) in [6.45, 7) is 1.16. The van der Waals surface area contributed by atoms with Crippen LogP contribution in [-0.2, 0) is 28.9 Å². The van der Waals surface area contributed by atoms with E-state index in [4.69, 9.17) is 9.47 Å². The van der Waals surface area contributed by atoms with Gasteiger partial charge >= 0.3 is 5.97 Å². The Bertz CT molecular complexity index is 800. The van der Waals surface area contributed by atoms with E-state index in [1.165, 1.54) is 7.11 Å². The monoisotopic (exact) mass is 339 g/mol. The van der Waals surface area contributed by atoms with Crippen LogP contribution in [0.5, 0.6) is 5.75 Å². The summed E-state index contributed by atoms with van der Waals surface area (Å²) in [5, 5.41) is 0. The van der Waals surface area contributed by atoms with Gasteiger partial charge in [0.2, 0.25) is 0 Å². The van der Waals surface area contributed by atoms with Crippen molar-refractivity contribution in [2.24, 2.45) is 0 Å². The van der Waals surface area contributed by atoms with Crippen LogP contribution in [-0.4, -0.2) is 37.5 Å². The molecule has 0 radical (unpaired) electrons. The number of carbonyl (C=O) groups excluding carboxylic acids is 2. The SMILES string of the molecule is COC(=O)Cc1ccccc1C(=O)N1CCc2c(cccc2OC)C1. The molecule has 0 aliphatic carbocycles. The maximum atomic E-state index is 13.0. The first-order valence-electron chi connectivity index (χ1n) is 8.22. The number of hydrogen-bond acceptors (Lipinski definition) is 4. The lowest BCUT2D eigenvalue weighted by atomic mass is 9.97. The van der Waals surface area contributed by atoms with Crippen LogP contribution in [0.1, 0.15) is 27.0 Å². The van der Waals surface area contributed by atoms with Gasteiger partial charge in [-0.05, 0) is 29.7 Å². The number of esters is 1. The summed E-state index contributed by atoms with van der Waals surface area (Å²) < 4.78 is 10.1. The van der Waals surface area contributed by atoms with Crippen LogP contribution >= 0.6 is 0 Å². The van der Waals surface area contributed by atoms with Gasteiger partial charge in [0.05, 0.1) is 20.6 Å². The number of methoxy groups -OCH3 is 2. The van der Waals surface area contributed by atoms with Crippen molar-refractivity contribution >= 4 is 11.9 Å². The third kappa shape index (κ3) is 3.50. The molecule has 0 saturated carbocycles. The van der Waals surface area contributed by atoms with E-state index in [-0.39, 0.29) is 18.3 Å². The number of rotatable bonds is 4. The molecule has 2 aromatic carbocycles. The molecule has 0 spiro atoms. The zero-order valence-corrected chi connectivity index (χ0v) is 14.5. The largest absolute Gasteiger partial charge is 0.496 e. The van der Waals surface area contributed by atoms with E-state index in [0.717, 1.165) is 23.3 Å². The molecule has 5 heteroatoms. The first kappa shape index (κ1) is 17.0. The predicted molar refractivity (Wildman–Crippen MR) is 93.6 cm³/mol. The molecule has 0 unspecified atom stereocenters. The summed E-state index contributed by atoms with van der Waals surface area (Å²) in [6, 6.07) is 13.1. The highest BCUT2D eigenvalue weighted by molar-refractivity contribution is 5.97. The highest BCUT2D eigenvalue weighted by Gasteiger charge is 2.25. The number of fused-ring (bicyclic) bond motifs is 1. The summed E-state index contributed by atoms with van der Waals surface area (Å²) in [7, 11) is 3.01. The van der Waals surface area contributed by atoms with Crippen molar-refractivity contribution < 1.29 is 19.1 Å². The van der Waals surface area contributed by atoms with Crippen molar-refractivity contribution in [2.75, 3.05) is 20.8 Å². The van der Waals surface area contributed by atoms with E-state index in [1.54, 1.807) is 19.2 Å². The van der Waals surface area contributed by atoms with Crippen LogP contribution in [0.25, 0.3) is 0 Å². The van der Waals surface area contributed by atoms with E-state index in [1.807, 2.05) is 35.2 Å². The van der Waals surface area contributed by atoms with Crippen LogP contribution in [0.15, 0.2) is 42.5 Å². The highest BCUT2D eigenvalue weighted by Crippen LogP contribution is 2.28. The Kier molecular flexibility index (Phi) is 5.03. The average Bonchev–Trinajstić information content (AvgIpc) is 2.66. The van der Waals surface area contributed by atoms with Gasteiger partial charge in [-0.3, -0.25) is 9.59 Å². The molecule has 3 rings (SSSR count). The summed E-state index contributed by atoms with van der Waals surface area (Å²) in [5.74, 6) is 0.456. The minimum Gasteiger partial charge on any atom is -0.496 e. The summed E-state index contributed by atoms with van der Waals surface area (Å²) >= 11 is 0. The van der Waals surface area contributed by atoms with Crippen LogP contribution in [0.4, 0.5) is 0 Å². The van der Waals surface area contributed by atoms with Gasteiger partial charge in [-0.25, -0.2) is 0 Å². The van der Waals surface area contributed by atoms with Crippen molar-refractivity contribution in [1.82, 2.24) is 4.90 Å². The molecular weight excluding hydrogens is 318 g/mol. The molecule has 0 N–H and O–H groups in total. The molecule has 1 aliphatic rings. The Morgan fingerprint density at radius 3 is 2.64 bits per heavy atom. The van der Waals surface area contributed by atoms with E-state index in [2.05, 4.69) is 0 Å². The molecule has 1 amide bonds. The Morgan fingerprint density at radius 1 is 1.08 bits per heavy atom. The molecule has 0 fully saturated rings. The maximum absolute atomic E-state index is 13.0. The van der Waals surface area contributed by atoms with Crippen molar-refractivity contribution in [3.8, 4) is 5.75 Å². The van der Waals surface area contributed by atoms with Crippen molar-refractivity contribution in [3.05, 3.63) is 64.7 Å². The molecule has 0 bridgehead atoms. The molecule has 25 heavy (non-hydrogen) atoms. The molecule has 1 heterocycles. The number of ether oxygens (including phenoxy) is 2. The van der Waals surface area contributed by atoms with Gasteiger partial charge in [-0.2, -0.15) is 0 Å². The minimum atomic E-state index is -0.353. The Balaban J connectivity index is 1.84. The first-order chi connectivity index (χ1) is 12.1. The molecule has 0 aromatic heterocycles. The minimum absolute atomic E-state index is 0.0621. The normalized spacial score (nSPS) is 13.1. The first-order valence-corrected chi connectivity index (χ1v) is 8.22. The number of benzene rings is 2. The van der Waals surface area contributed by atoms with Gasteiger partial charge in [0.1, 0.15) is 5.75 Å². The van der Waals surface area contributed by atoms with Crippen molar-refractivity contribution in [3.63, 3.8) is 0 Å². The summed E-state index contributed by atoms with van der Waals surface area (Å²) in [4.78, 5) is 26.4. The standard InChI is InChI=1S/C20H21NO4/c1-24-18-9-5-7-15-13-21(11-10-16(15)18)20(23)17-8-4-3-6-14(17)12-19(22)25-2/h3-9H,10-13H2,1-2H3. The molecule has 0 saturated heterocycles. The number of carbonyl (C=O) groups is 2. The number of hydrogen-bond donors (Lipinski definition) is 0. The third-order valence-electron chi connectivity index (χ3n) is 4.54. The molecular formula is C20H21NO4. The van der Waals surface area contributed by atoms with Gasteiger partial charge in [0.25, 0.3) is 5.91 Å².